The van der Waals surface area contributed by atoms with Gasteiger partial charge in [0.15, 0.2) is 15.0 Å². The van der Waals surface area contributed by atoms with Crippen molar-refractivity contribution < 1.29 is 17.9 Å². The molecular weight excluding hydrogens is 458 g/mol. The number of nitrogens with zero attached hydrogens (tertiary/aromatic N) is 3. The molecule has 0 atom stereocenters. The van der Waals surface area contributed by atoms with Crippen LogP contribution in [0, 0.1) is 0 Å². The quantitative estimate of drug-likeness (QED) is 0.484. The van der Waals surface area contributed by atoms with Gasteiger partial charge in [-0.15, -0.1) is 0 Å². The van der Waals surface area contributed by atoms with Gasteiger partial charge < -0.3 is 9.64 Å². The molecule has 0 unspecified atom stereocenters. The largest absolute Gasteiger partial charge is 0.494 e. The molecule has 2 aromatic carbocycles. The number of fused-ring (bicyclic) bond motifs is 1. The van der Waals surface area contributed by atoms with Gasteiger partial charge in [0.1, 0.15) is 11.3 Å². The molecule has 1 aromatic heterocycles. The second-order valence-corrected chi connectivity index (χ2v) is 10.7. The van der Waals surface area contributed by atoms with Gasteiger partial charge in [0.25, 0.3) is 5.91 Å². The van der Waals surface area contributed by atoms with E-state index in [2.05, 4.69) is 4.98 Å². The van der Waals surface area contributed by atoms with Gasteiger partial charge in [-0.2, -0.15) is 0 Å². The Hall–Kier alpha value is -2.20. The van der Waals surface area contributed by atoms with Crippen LogP contribution in [0.15, 0.2) is 41.3 Å². The van der Waals surface area contributed by atoms with Crippen LogP contribution in [0.4, 0.5) is 5.13 Å². The zero-order valence-electron chi connectivity index (χ0n) is 17.8. The lowest BCUT2D eigenvalue weighted by Gasteiger charge is -2.22. The summed E-state index contributed by atoms with van der Waals surface area (Å²) in [4.78, 5) is 21.7. The Balaban J connectivity index is 2.11. The highest BCUT2D eigenvalue weighted by Gasteiger charge is 2.27. The highest BCUT2D eigenvalue weighted by atomic mass is 35.5. The molecule has 3 aromatic rings. The third-order valence-corrected chi connectivity index (χ3v) is 7.34. The summed E-state index contributed by atoms with van der Waals surface area (Å²) in [5, 5.41) is 0.949. The van der Waals surface area contributed by atoms with E-state index in [1.54, 1.807) is 31.4 Å². The number of thiazole rings is 1. The minimum atomic E-state index is -3.58. The van der Waals surface area contributed by atoms with E-state index in [-0.39, 0.29) is 10.5 Å². The summed E-state index contributed by atoms with van der Waals surface area (Å²) in [6.07, 6.45) is 1.78. The molecule has 0 aliphatic rings. The zero-order valence-corrected chi connectivity index (χ0v) is 20.1. The molecule has 0 fully saturated rings. The summed E-state index contributed by atoms with van der Waals surface area (Å²) in [5.74, 6) is 0.132. The monoisotopic (exact) mass is 481 g/mol. The Morgan fingerprint density at radius 2 is 1.87 bits per heavy atom. The number of halogens is 1. The van der Waals surface area contributed by atoms with Gasteiger partial charge in [-0.1, -0.05) is 35.1 Å². The van der Waals surface area contributed by atoms with E-state index >= 15 is 0 Å². The van der Waals surface area contributed by atoms with Crippen LogP contribution in [-0.2, 0) is 9.84 Å². The van der Waals surface area contributed by atoms with Gasteiger partial charge in [-0.05, 0) is 51.3 Å². The van der Waals surface area contributed by atoms with Crippen molar-refractivity contribution in [2.24, 2.45) is 0 Å². The molecule has 0 aliphatic heterocycles. The first-order valence-corrected chi connectivity index (χ1v) is 12.6. The molecule has 31 heavy (non-hydrogen) atoms. The molecule has 0 bridgehead atoms. The van der Waals surface area contributed by atoms with E-state index < -0.39 is 15.7 Å². The molecule has 0 aliphatic carbocycles. The molecule has 0 saturated carbocycles. The number of anilines is 1. The van der Waals surface area contributed by atoms with Crippen molar-refractivity contribution in [2.45, 2.75) is 11.3 Å². The van der Waals surface area contributed by atoms with Crippen molar-refractivity contribution in [2.75, 3.05) is 45.5 Å². The Morgan fingerprint density at radius 3 is 2.52 bits per heavy atom. The Labute approximate surface area is 191 Å². The van der Waals surface area contributed by atoms with Crippen molar-refractivity contribution >= 4 is 54.0 Å². The summed E-state index contributed by atoms with van der Waals surface area (Å²) >= 11 is 7.63. The van der Waals surface area contributed by atoms with Crippen molar-refractivity contribution in [1.82, 2.24) is 9.88 Å². The lowest BCUT2D eigenvalue weighted by atomic mass is 10.2. The number of methoxy groups -OCH3 is 1. The fourth-order valence-electron chi connectivity index (χ4n) is 3.16. The smallest absolute Gasteiger partial charge is 0.261 e. The molecule has 1 heterocycles. The highest BCUT2D eigenvalue weighted by Crippen LogP contribution is 2.39. The molecule has 0 spiro atoms. The normalized spacial score (nSPS) is 11.8. The number of carbonyl (C=O) groups excluding carboxylic acids is 1. The van der Waals surface area contributed by atoms with E-state index in [1.165, 1.54) is 28.4 Å². The Morgan fingerprint density at radius 1 is 1.16 bits per heavy atom. The van der Waals surface area contributed by atoms with Crippen molar-refractivity contribution in [1.29, 1.82) is 0 Å². The number of hydrogen-bond donors (Lipinski definition) is 0. The predicted molar refractivity (Wildman–Crippen MR) is 126 cm³/mol. The van der Waals surface area contributed by atoms with Crippen molar-refractivity contribution in [3.63, 3.8) is 0 Å². The minimum Gasteiger partial charge on any atom is -0.494 e. The average Bonchev–Trinajstić information content (AvgIpc) is 3.16. The van der Waals surface area contributed by atoms with Crippen LogP contribution in [0.5, 0.6) is 5.75 Å². The molecule has 10 heteroatoms. The summed E-state index contributed by atoms with van der Waals surface area (Å²) < 4.78 is 30.6. The van der Waals surface area contributed by atoms with Crippen LogP contribution >= 0.6 is 22.9 Å². The molecule has 7 nitrogen and oxygen atoms in total. The minimum absolute atomic E-state index is 0.00525. The first-order valence-electron chi connectivity index (χ1n) is 9.52. The lowest BCUT2D eigenvalue weighted by molar-refractivity contribution is 0.0983. The van der Waals surface area contributed by atoms with Gasteiger partial charge in [0.05, 0.1) is 27.3 Å². The molecule has 166 valence electrons. The van der Waals surface area contributed by atoms with E-state index in [0.29, 0.717) is 39.1 Å². The maximum atomic E-state index is 13.6. The predicted octanol–water partition coefficient (Wildman–Crippen LogP) is 3.96. The van der Waals surface area contributed by atoms with Crippen LogP contribution in [0.2, 0.25) is 5.02 Å². The molecular formula is C21H24ClN3O4S2. The maximum absolute atomic E-state index is 13.6. The van der Waals surface area contributed by atoms with Gasteiger partial charge in [0.2, 0.25) is 0 Å². The average molecular weight is 482 g/mol. The SMILES string of the molecule is COc1ccc(Cl)c2sc(N(CCCN(C)C)C(=O)c3ccccc3S(C)(=O)=O)nc12. The molecule has 3 rings (SSSR count). The van der Waals surface area contributed by atoms with Gasteiger partial charge in [-0.3, -0.25) is 9.69 Å². The number of hydrogen-bond acceptors (Lipinski definition) is 7. The third kappa shape index (κ3) is 5.17. The van der Waals surface area contributed by atoms with Crippen LogP contribution in [0.1, 0.15) is 16.8 Å². The van der Waals surface area contributed by atoms with Gasteiger partial charge in [0, 0.05) is 12.8 Å². The van der Waals surface area contributed by atoms with Crippen LogP contribution in [-0.4, -0.2) is 64.8 Å². The van der Waals surface area contributed by atoms with E-state index in [4.69, 9.17) is 16.3 Å². The number of carbonyl (C=O) groups is 1. The number of ether oxygens (including phenoxy) is 1. The summed E-state index contributed by atoms with van der Waals surface area (Å²) in [6, 6.07) is 9.68. The summed E-state index contributed by atoms with van der Waals surface area (Å²) in [6.45, 7) is 1.13. The third-order valence-electron chi connectivity index (χ3n) is 4.65. The second kappa shape index (κ2) is 9.52. The Bertz CT molecular complexity index is 1210. The number of rotatable bonds is 8. The zero-order chi connectivity index (χ0) is 22.8. The summed E-state index contributed by atoms with van der Waals surface area (Å²) in [5.41, 5.74) is 0.684. The van der Waals surface area contributed by atoms with Crippen molar-refractivity contribution in [3.8, 4) is 5.75 Å². The fourth-order valence-corrected chi connectivity index (χ4v) is 5.32. The molecule has 0 saturated heterocycles. The van der Waals surface area contributed by atoms with E-state index in [1.807, 2.05) is 19.0 Å². The number of sulfone groups is 1. The molecule has 0 N–H and O–H groups in total. The van der Waals surface area contributed by atoms with Gasteiger partial charge in [-0.25, -0.2) is 13.4 Å². The van der Waals surface area contributed by atoms with Crippen molar-refractivity contribution in [3.05, 3.63) is 47.0 Å². The first kappa shape index (κ1) is 23.5. The number of aromatic nitrogens is 1. The fraction of sp³-hybridized carbons (Fsp3) is 0.333. The van der Waals surface area contributed by atoms with Gasteiger partial charge >= 0.3 is 0 Å². The lowest BCUT2D eigenvalue weighted by Crippen LogP contribution is -2.34. The van der Waals surface area contributed by atoms with Crippen LogP contribution < -0.4 is 9.64 Å². The Kier molecular flexibility index (Phi) is 7.20. The molecule has 0 radical (unpaired) electrons. The second-order valence-electron chi connectivity index (χ2n) is 7.31. The van der Waals surface area contributed by atoms with Crippen LogP contribution in [0.3, 0.4) is 0 Å². The van der Waals surface area contributed by atoms with Crippen LogP contribution in [0.25, 0.3) is 10.2 Å². The van der Waals surface area contributed by atoms with E-state index in [0.717, 1.165) is 12.8 Å². The number of amides is 1. The maximum Gasteiger partial charge on any atom is 0.261 e. The number of benzene rings is 2. The summed E-state index contributed by atoms with van der Waals surface area (Å²) in [7, 11) is 1.87. The topological polar surface area (TPSA) is 79.8 Å². The van der Waals surface area contributed by atoms with E-state index in [9.17, 15) is 13.2 Å². The highest BCUT2D eigenvalue weighted by molar-refractivity contribution is 7.90. The standard InChI is InChI=1S/C21H24ClN3O4S2/c1-24(2)12-7-13-25(20(26)14-8-5-6-9-17(14)31(4,27)28)21-23-18-16(29-3)11-10-15(22)19(18)30-21/h5-6,8-11H,7,12-13H2,1-4H3. The first-order chi connectivity index (χ1) is 14.6. The molecule has 1 amide bonds.